The van der Waals surface area contributed by atoms with Crippen molar-refractivity contribution < 1.29 is 4.74 Å². The van der Waals surface area contributed by atoms with Gasteiger partial charge >= 0.3 is 0 Å². The van der Waals surface area contributed by atoms with E-state index in [0.29, 0.717) is 18.1 Å². The molecule has 28 heavy (non-hydrogen) atoms. The van der Waals surface area contributed by atoms with Crippen molar-refractivity contribution >= 4 is 17.6 Å². The number of hydrogen-bond donors (Lipinski definition) is 2. The van der Waals surface area contributed by atoms with Gasteiger partial charge in [0.15, 0.2) is 5.96 Å². The van der Waals surface area contributed by atoms with E-state index in [-0.39, 0.29) is 0 Å². The fourth-order valence-electron chi connectivity index (χ4n) is 2.69. The molecule has 0 aliphatic heterocycles. The lowest BCUT2D eigenvalue weighted by Crippen LogP contribution is -2.37. The Kier molecular flexibility index (Phi) is 6.86. The van der Waals surface area contributed by atoms with E-state index in [2.05, 4.69) is 25.6 Å². The van der Waals surface area contributed by atoms with Crippen LogP contribution in [-0.4, -0.2) is 41.2 Å². The molecule has 7 nitrogen and oxygen atoms in total. The van der Waals surface area contributed by atoms with Crippen molar-refractivity contribution in [1.82, 2.24) is 25.2 Å². The van der Waals surface area contributed by atoms with Gasteiger partial charge in [-0.15, -0.1) is 0 Å². The molecule has 8 heteroatoms. The summed E-state index contributed by atoms with van der Waals surface area (Å²) >= 11 is 6.29. The van der Waals surface area contributed by atoms with E-state index in [1.807, 2.05) is 41.1 Å². The van der Waals surface area contributed by atoms with Crippen molar-refractivity contribution in [3.8, 4) is 11.6 Å². The number of pyridine rings is 1. The van der Waals surface area contributed by atoms with Gasteiger partial charge in [-0.3, -0.25) is 9.56 Å². The van der Waals surface area contributed by atoms with E-state index in [1.165, 1.54) is 0 Å². The Hall–Kier alpha value is -3.06. The molecule has 0 aliphatic rings. The number of imidazole rings is 1. The van der Waals surface area contributed by atoms with Gasteiger partial charge in [0.25, 0.3) is 0 Å². The number of aliphatic imine (C=N–C) groups is 1. The Morgan fingerprint density at radius 2 is 2.11 bits per heavy atom. The molecule has 0 saturated carbocycles. The van der Waals surface area contributed by atoms with Crippen LogP contribution in [0, 0.1) is 0 Å². The summed E-state index contributed by atoms with van der Waals surface area (Å²) in [5, 5.41) is 7.32. The maximum Gasteiger partial charge on any atom is 0.191 e. The zero-order valence-electron chi connectivity index (χ0n) is 15.9. The first-order valence-corrected chi connectivity index (χ1v) is 9.27. The van der Waals surface area contributed by atoms with Gasteiger partial charge in [-0.1, -0.05) is 17.7 Å². The van der Waals surface area contributed by atoms with Crippen molar-refractivity contribution in [3.63, 3.8) is 0 Å². The van der Waals surface area contributed by atoms with E-state index >= 15 is 0 Å². The first-order chi connectivity index (χ1) is 13.7. The Morgan fingerprint density at radius 1 is 1.21 bits per heavy atom. The fraction of sp³-hybridized carbons (Fsp3) is 0.250. The molecular weight excluding hydrogens is 376 g/mol. The number of halogens is 1. The number of ether oxygens (including phenoxy) is 1. The quantitative estimate of drug-likeness (QED) is 0.472. The summed E-state index contributed by atoms with van der Waals surface area (Å²) in [6, 6.07) is 9.70. The largest absolute Gasteiger partial charge is 0.497 e. The summed E-state index contributed by atoms with van der Waals surface area (Å²) in [7, 11) is 3.38. The standard InChI is InChI=1S/C20H23ClN6O/c1-22-20(25-8-6-16-3-4-17(28-2)12-18(16)21)26-13-15-5-7-24-19(11-15)27-10-9-23-14-27/h3-5,7,9-12,14H,6,8,13H2,1-2H3,(H2,22,25,26). The number of guanidine groups is 1. The zero-order valence-corrected chi connectivity index (χ0v) is 16.6. The molecule has 1 aromatic carbocycles. The molecule has 0 fully saturated rings. The average Bonchev–Trinajstić information content (AvgIpc) is 3.26. The summed E-state index contributed by atoms with van der Waals surface area (Å²) in [5.41, 5.74) is 2.16. The van der Waals surface area contributed by atoms with Gasteiger partial charge in [0.05, 0.1) is 7.11 Å². The topological polar surface area (TPSA) is 76.4 Å². The summed E-state index contributed by atoms with van der Waals surface area (Å²) in [5.74, 6) is 2.31. The van der Waals surface area contributed by atoms with Crippen LogP contribution >= 0.6 is 11.6 Å². The fourth-order valence-corrected chi connectivity index (χ4v) is 2.95. The number of aromatic nitrogens is 3. The second-order valence-corrected chi connectivity index (χ2v) is 6.46. The molecule has 3 aromatic rings. The molecule has 3 rings (SSSR count). The molecule has 0 atom stereocenters. The van der Waals surface area contributed by atoms with E-state index in [9.17, 15) is 0 Å². The number of hydrogen-bond acceptors (Lipinski definition) is 4. The van der Waals surface area contributed by atoms with Crippen molar-refractivity contribution in [1.29, 1.82) is 0 Å². The molecule has 0 aliphatic carbocycles. The van der Waals surface area contributed by atoms with Gasteiger partial charge in [-0.25, -0.2) is 9.97 Å². The van der Waals surface area contributed by atoms with Crippen LogP contribution in [-0.2, 0) is 13.0 Å². The minimum absolute atomic E-state index is 0.632. The molecule has 146 valence electrons. The van der Waals surface area contributed by atoms with Crippen LogP contribution in [0.1, 0.15) is 11.1 Å². The first-order valence-electron chi connectivity index (χ1n) is 8.90. The van der Waals surface area contributed by atoms with Crippen LogP contribution in [0.4, 0.5) is 0 Å². The first kappa shape index (κ1) is 19.7. The Bertz CT molecular complexity index is 926. The monoisotopic (exact) mass is 398 g/mol. The summed E-state index contributed by atoms with van der Waals surface area (Å²) in [4.78, 5) is 12.7. The van der Waals surface area contributed by atoms with Crippen LogP contribution in [0.2, 0.25) is 5.02 Å². The Balaban J connectivity index is 1.51. The lowest BCUT2D eigenvalue weighted by molar-refractivity contribution is 0.414. The van der Waals surface area contributed by atoms with E-state index < -0.39 is 0 Å². The zero-order chi connectivity index (χ0) is 19.8. The molecule has 2 heterocycles. The Labute approximate surface area is 169 Å². The smallest absolute Gasteiger partial charge is 0.191 e. The van der Waals surface area contributed by atoms with Crippen LogP contribution in [0.3, 0.4) is 0 Å². The molecule has 0 amide bonds. The second-order valence-electron chi connectivity index (χ2n) is 6.05. The molecule has 0 bridgehead atoms. The van der Waals surface area contributed by atoms with Gasteiger partial charge in [-0.05, 0) is 41.8 Å². The summed E-state index contributed by atoms with van der Waals surface area (Å²) in [6.07, 6.45) is 7.89. The normalized spacial score (nSPS) is 11.3. The third-order valence-electron chi connectivity index (χ3n) is 4.21. The van der Waals surface area contributed by atoms with Gasteiger partial charge in [0.2, 0.25) is 0 Å². The molecule has 2 N–H and O–H groups in total. The number of methoxy groups -OCH3 is 1. The predicted octanol–water partition coefficient (Wildman–Crippen LogP) is 2.84. The highest BCUT2D eigenvalue weighted by Crippen LogP contribution is 2.22. The number of rotatable bonds is 7. The molecule has 0 radical (unpaired) electrons. The number of nitrogens with one attached hydrogen (secondary N) is 2. The molecule has 2 aromatic heterocycles. The van der Waals surface area contributed by atoms with Gasteiger partial charge in [-0.2, -0.15) is 0 Å². The highest BCUT2D eigenvalue weighted by atomic mass is 35.5. The molecular formula is C20H23ClN6O. The van der Waals surface area contributed by atoms with E-state index in [1.54, 1.807) is 32.9 Å². The van der Waals surface area contributed by atoms with Gasteiger partial charge in [0.1, 0.15) is 17.9 Å². The maximum absolute atomic E-state index is 6.29. The van der Waals surface area contributed by atoms with Crippen LogP contribution in [0.5, 0.6) is 5.75 Å². The summed E-state index contributed by atoms with van der Waals surface area (Å²) < 4.78 is 7.05. The van der Waals surface area contributed by atoms with Crippen molar-refractivity contribution in [3.05, 3.63) is 71.4 Å². The highest BCUT2D eigenvalue weighted by Gasteiger charge is 2.04. The highest BCUT2D eigenvalue weighted by molar-refractivity contribution is 6.31. The lowest BCUT2D eigenvalue weighted by atomic mass is 10.1. The SMILES string of the molecule is CN=C(NCCc1ccc(OC)cc1Cl)NCc1ccnc(-n2ccnc2)c1. The Morgan fingerprint density at radius 3 is 2.82 bits per heavy atom. The molecule has 0 spiro atoms. The number of nitrogens with zero attached hydrogens (tertiary/aromatic N) is 4. The summed E-state index contributed by atoms with van der Waals surface area (Å²) in [6.45, 7) is 1.34. The van der Waals surface area contributed by atoms with Crippen LogP contribution in [0.15, 0.2) is 60.2 Å². The van der Waals surface area contributed by atoms with Gasteiger partial charge in [0, 0.05) is 43.8 Å². The maximum atomic E-state index is 6.29. The minimum atomic E-state index is 0.632. The van der Waals surface area contributed by atoms with Crippen molar-refractivity contribution in [2.24, 2.45) is 4.99 Å². The van der Waals surface area contributed by atoms with Gasteiger partial charge < -0.3 is 15.4 Å². The van der Waals surface area contributed by atoms with E-state index in [4.69, 9.17) is 16.3 Å². The average molecular weight is 399 g/mol. The number of benzene rings is 1. The molecule has 0 unspecified atom stereocenters. The minimum Gasteiger partial charge on any atom is -0.497 e. The third kappa shape index (κ3) is 5.23. The van der Waals surface area contributed by atoms with Crippen LogP contribution in [0.25, 0.3) is 5.82 Å². The van der Waals surface area contributed by atoms with E-state index in [0.717, 1.165) is 35.1 Å². The molecule has 0 saturated heterocycles. The van der Waals surface area contributed by atoms with Crippen molar-refractivity contribution in [2.75, 3.05) is 20.7 Å². The predicted molar refractivity (Wildman–Crippen MR) is 111 cm³/mol. The van der Waals surface area contributed by atoms with Crippen molar-refractivity contribution in [2.45, 2.75) is 13.0 Å². The second kappa shape index (κ2) is 9.75. The lowest BCUT2D eigenvalue weighted by Gasteiger charge is -2.13. The van der Waals surface area contributed by atoms with Crippen LogP contribution < -0.4 is 15.4 Å². The third-order valence-corrected chi connectivity index (χ3v) is 4.56.